The van der Waals surface area contributed by atoms with Gasteiger partial charge in [0.15, 0.2) is 0 Å². The van der Waals surface area contributed by atoms with Gasteiger partial charge < -0.3 is 14.5 Å². The number of hydrogen-bond acceptors (Lipinski definition) is 5. The van der Waals surface area contributed by atoms with Crippen molar-refractivity contribution in [3.8, 4) is 33.3 Å². The molecule has 0 aliphatic heterocycles. The van der Waals surface area contributed by atoms with Gasteiger partial charge in [-0.1, -0.05) is 27.3 Å². The summed E-state index contributed by atoms with van der Waals surface area (Å²) >= 11 is 5.09. The second kappa shape index (κ2) is 6.65. The molecule has 0 saturated carbocycles. The zero-order valence-electron chi connectivity index (χ0n) is 15.1. The molecule has 140 valence electrons. The molecule has 0 spiro atoms. The van der Waals surface area contributed by atoms with Crippen molar-refractivity contribution in [2.24, 2.45) is 0 Å². The molecule has 8 heteroatoms. The Bertz CT molecular complexity index is 1290. The van der Waals surface area contributed by atoms with E-state index in [2.05, 4.69) is 33.0 Å². The largest absolute Gasteiger partial charge is 0.497 e. The molecule has 0 unspecified atom stereocenters. The van der Waals surface area contributed by atoms with Crippen molar-refractivity contribution in [2.45, 2.75) is 0 Å². The molecule has 6 nitrogen and oxygen atoms in total. The molecule has 1 N–H and O–H groups in total. The summed E-state index contributed by atoms with van der Waals surface area (Å²) in [6.45, 7) is 0. The Morgan fingerprint density at radius 1 is 1.07 bits per heavy atom. The molecular formula is C20H15BrN4O2S. The molecule has 0 fully saturated rings. The van der Waals surface area contributed by atoms with Crippen LogP contribution >= 0.6 is 27.3 Å². The maximum atomic E-state index is 5.48. The van der Waals surface area contributed by atoms with E-state index >= 15 is 0 Å². The maximum absolute atomic E-state index is 5.48. The van der Waals surface area contributed by atoms with Crippen molar-refractivity contribution in [2.75, 3.05) is 14.2 Å². The van der Waals surface area contributed by atoms with E-state index in [9.17, 15) is 0 Å². The Kier molecular flexibility index (Phi) is 4.10. The van der Waals surface area contributed by atoms with Crippen molar-refractivity contribution in [3.63, 3.8) is 0 Å². The standard InChI is InChI=1S/C20H15BrN4O2S/c1-26-12-4-6-18(27-2)14(8-12)17-10-25-20(23-17)28-19(24-25)15-9-22-16-5-3-11(21)7-13(15)16/h3-10,22H,1-2H3. The smallest absolute Gasteiger partial charge is 0.213 e. The summed E-state index contributed by atoms with van der Waals surface area (Å²) in [6, 6.07) is 11.8. The highest BCUT2D eigenvalue weighted by Gasteiger charge is 2.16. The van der Waals surface area contributed by atoms with E-state index in [0.29, 0.717) is 0 Å². The summed E-state index contributed by atoms with van der Waals surface area (Å²) in [5, 5.41) is 6.78. The van der Waals surface area contributed by atoms with Gasteiger partial charge in [-0.05, 0) is 36.4 Å². The third-order valence-corrected chi connectivity index (χ3v) is 6.05. The molecule has 0 radical (unpaired) electrons. The molecule has 5 aromatic rings. The average molecular weight is 455 g/mol. The predicted molar refractivity (Wildman–Crippen MR) is 114 cm³/mol. The Morgan fingerprint density at radius 3 is 2.75 bits per heavy atom. The van der Waals surface area contributed by atoms with Gasteiger partial charge >= 0.3 is 0 Å². The number of hydrogen-bond donors (Lipinski definition) is 1. The second-order valence-corrected chi connectivity index (χ2v) is 8.09. The summed E-state index contributed by atoms with van der Waals surface area (Å²) in [5.74, 6) is 1.50. The molecule has 0 amide bonds. The number of aromatic nitrogens is 4. The van der Waals surface area contributed by atoms with Gasteiger partial charge in [-0.15, -0.1) is 0 Å². The summed E-state index contributed by atoms with van der Waals surface area (Å²) in [6.07, 6.45) is 3.90. The quantitative estimate of drug-likeness (QED) is 0.395. The number of nitrogens with one attached hydrogen (secondary N) is 1. The molecule has 0 bridgehead atoms. The topological polar surface area (TPSA) is 64.4 Å². The van der Waals surface area contributed by atoms with Crippen LogP contribution < -0.4 is 9.47 Å². The highest BCUT2D eigenvalue weighted by Crippen LogP contribution is 2.36. The van der Waals surface area contributed by atoms with Crippen molar-refractivity contribution in [1.82, 2.24) is 19.6 Å². The minimum atomic E-state index is 0.744. The van der Waals surface area contributed by atoms with Gasteiger partial charge in [-0.2, -0.15) is 5.10 Å². The molecule has 5 rings (SSSR count). The minimum Gasteiger partial charge on any atom is -0.497 e. The summed E-state index contributed by atoms with van der Waals surface area (Å²) in [4.78, 5) is 8.88. The lowest BCUT2D eigenvalue weighted by Gasteiger charge is -2.08. The Hall–Kier alpha value is -2.84. The van der Waals surface area contributed by atoms with Crippen LogP contribution in [0.2, 0.25) is 0 Å². The maximum Gasteiger partial charge on any atom is 0.213 e. The Morgan fingerprint density at radius 2 is 1.96 bits per heavy atom. The van der Waals surface area contributed by atoms with Gasteiger partial charge in [-0.3, -0.25) is 0 Å². The number of ether oxygens (including phenoxy) is 2. The average Bonchev–Trinajstić information content (AvgIpc) is 3.39. The van der Waals surface area contributed by atoms with Crippen LogP contribution in [0.15, 0.2) is 53.3 Å². The number of nitrogens with zero attached hydrogens (tertiary/aromatic N) is 3. The van der Waals surface area contributed by atoms with Crippen LogP contribution in [0.1, 0.15) is 0 Å². The van der Waals surface area contributed by atoms with E-state index in [1.165, 1.54) is 0 Å². The van der Waals surface area contributed by atoms with Gasteiger partial charge in [0, 0.05) is 32.7 Å². The number of fused-ring (bicyclic) bond motifs is 2. The number of aromatic amines is 1. The lowest BCUT2D eigenvalue weighted by atomic mass is 10.1. The SMILES string of the molecule is COc1ccc(OC)c(-c2cn3nc(-c4c[nH]c5ccc(Br)cc45)sc3n2)c1. The van der Waals surface area contributed by atoms with E-state index in [0.717, 1.165) is 53.7 Å². The van der Waals surface area contributed by atoms with E-state index < -0.39 is 0 Å². The molecule has 0 aliphatic rings. The normalized spacial score (nSPS) is 11.4. The fourth-order valence-corrected chi connectivity index (χ4v) is 4.50. The van der Waals surface area contributed by atoms with Crippen LogP contribution in [0.4, 0.5) is 0 Å². The number of benzene rings is 2. The highest BCUT2D eigenvalue weighted by molar-refractivity contribution is 9.10. The van der Waals surface area contributed by atoms with Crippen LogP contribution in [0, 0.1) is 0 Å². The number of methoxy groups -OCH3 is 2. The van der Waals surface area contributed by atoms with Crippen molar-refractivity contribution >= 4 is 43.1 Å². The number of rotatable bonds is 4. The highest BCUT2D eigenvalue weighted by atomic mass is 79.9. The molecule has 0 atom stereocenters. The van der Waals surface area contributed by atoms with E-state index in [1.54, 1.807) is 25.6 Å². The van der Waals surface area contributed by atoms with E-state index in [1.807, 2.05) is 41.2 Å². The van der Waals surface area contributed by atoms with Gasteiger partial charge in [0.1, 0.15) is 16.5 Å². The molecule has 3 heterocycles. The lowest BCUT2D eigenvalue weighted by Crippen LogP contribution is -1.90. The van der Waals surface area contributed by atoms with Gasteiger partial charge in [0.05, 0.1) is 26.1 Å². The van der Waals surface area contributed by atoms with E-state index in [4.69, 9.17) is 19.6 Å². The van der Waals surface area contributed by atoms with Crippen molar-refractivity contribution < 1.29 is 9.47 Å². The van der Waals surface area contributed by atoms with Crippen LogP contribution in [0.3, 0.4) is 0 Å². The minimum absolute atomic E-state index is 0.744. The third kappa shape index (κ3) is 2.76. The Balaban J connectivity index is 1.60. The first-order valence-corrected chi connectivity index (χ1v) is 10.1. The summed E-state index contributed by atoms with van der Waals surface area (Å²) < 4.78 is 13.7. The first-order valence-electron chi connectivity index (χ1n) is 8.52. The fourth-order valence-electron chi connectivity index (χ4n) is 3.22. The lowest BCUT2D eigenvalue weighted by molar-refractivity contribution is 0.404. The molecule has 3 aromatic heterocycles. The second-order valence-electron chi connectivity index (χ2n) is 6.22. The van der Waals surface area contributed by atoms with Gasteiger partial charge in [0.25, 0.3) is 0 Å². The molecule has 2 aromatic carbocycles. The molecule has 28 heavy (non-hydrogen) atoms. The fraction of sp³-hybridized carbons (Fsp3) is 0.100. The number of imidazole rings is 1. The van der Waals surface area contributed by atoms with Crippen LogP contribution in [0.25, 0.3) is 37.7 Å². The van der Waals surface area contributed by atoms with E-state index in [-0.39, 0.29) is 0 Å². The molecular weight excluding hydrogens is 440 g/mol. The van der Waals surface area contributed by atoms with Crippen molar-refractivity contribution in [1.29, 1.82) is 0 Å². The Labute approximate surface area is 172 Å². The molecule has 0 aliphatic carbocycles. The number of H-pyrrole nitrogens is 1. The van der Waals surface area contributed by atoms with Crippen LogP contribution in [-0.2, 0) is 0 Å². The van der Waals surface area contributed by atoms with Crippen molar-refractivity contribution in [3.05, 3.63) is 53.3 Å². The summed E-state index contributed by atoms with van der Waals surface area (Å²) in [5.41, 5.74) is 3.81. The first-order chi connectivity index (χ1) is 13.7. The summed E-state index contributed by atoms with van der Waals surface area (Å²) in [7, 11) is 3.29. The number of halogens is 1. The van der Waals surface area contributed by atoms with Crippen LogP contribution in [-0.4, -0.2) is 33.8 Å². The first kappa shape index (κ1) is 17.3. The van der Waals surface area contributed by atoms with Gasteiger partial charge in [-0.25, -0.2) is 9.50 Å². The zero-order valence-corrected chi connectivity index (χ0v) is 17.5. The third-order valence-electron chi connectivity index (χ3n) is 4.60. The van der Waals surface area contributed by atoms with Crippen LogP contribution in [0.5, 0.6) is 11.5 Å². The molecule has 0 saturated heterocycles. The monoisotopic (exact) mass is 454 g/mol. The van der Waals surface area contributed by atoms with Gasteiger partial charge in [0.2, 0.25) is 4.96 Å². The predicted octanol–water partition coefficient (Wildman–Crippen LogP) is 5.39. The zero-order chi connectivity index (χ0) is 19.3.